The molecule has 0 spiro atoms. The molecule has 3 nitrogen and oxygen atoms in total. The highest BCUT2D eigenvalue weighted by atomic mass is 19.1. The fourth-order valence-electron chi connectivity index (χ4n) is 2.91. The lowest BCUT2D eigenvalue weighted by molar-refractivity contribution is 0.0806. The number of nitrogens with zero attached hydrogens (tertiary/aromatic N) is 1. The average Bonchev–Trinajstić information content (AvgIpc) is 2.48. The molecule has 0 amide bonds. The van der Waals surface area contributed by atoms with E-state index in [9.17, 15) is 9.50 Å². The molecule has 1 aromatic carbocycles. The second-order valence-corrected chi connectivity index (χ2v) is 5.98. The largest absolute Gasteiger partial charge is 0.393 e. The first kappa shape index (κ1) is 16.4. The molecule has 1 aliphatic rings. The second kappa shape index (κ2) is 7.87. The number of nitrogens with one attached hydrogen (secondary N) is 1. The van der Waals surface area contributed by atoms with Gasteiger partial charge in [-0.1, -0.05) is 19.1 Å². The van der Waals surface area contributed by atoms with Crippen molar-refractivity contribution in [1.82, 2.24) is 10.2 Å². The highest BCUT2D eigenvalue weighted by molar-refractivity contribution is 5.25. The molecule has 1 saturated heterocycles. The van der Waals surface area contributed by atoms with E-state index in [0.29, 0.717) is 5.56 Å². The zero-order chi connectivity index (χ0) is 15.2. The molecule has 2 N–H and O–H groups in total. The molecule has 2 rings (SSSR count). The summed E-state index contributed by atoms with van der Waals surface area (Å²) < 4.78 is 13.8. The van der Waals surface area contributed by atoms with Crippen LogP contribution in [0.25, 0.3) is 0 Å². The number of aliphatic hydroxyl groups is 1. The molecule has 118 valence electrons. The van der Waals surface area contributed by atoms with Gasteiger partial charge in [0.2, 0.25) is 0 Å². The van der Waals surface area contributed by atoms with Crippen LogP contribution >= 0.6 is 0 Å². The average molecular weight is 294 g/mol. The van der Waals surface area contributed by atoms with Gasteiger partial charge in [-0.25, -0.2) is 4.39 Å². The highest BCUT2D eigenvalue weighted by Gasteiger charge is 2.19. The summed E-state index contributed by atoms with van der Waals surface area (Å²) in [6.07, 6.45) is 2.57. The van der Waals surface area contributed by atoms with E-state index in [0.717, 1.165) is 51.0 Å². The van der Waals surface area contributed by atoms with Crippen LogP contribution in [0.1, 0.15) is 43.4 Å². The lowest BCUT2D eigenvalue weighted by Gasteiger charge is -2.31. The highest BCUT2D eigenvalue weighted by Crippen LogP contribution is 2.21. The van der Waals surface area contributed by atoms with Crippen LogP contribution in [0.5, 0.6) is 0 Å². The van der Waals surface area contributed by atoms with Crippen molar-refractivity contribution in [1.29, 1.82) is 0 Å². The molecule has 0 aromatic heterocycles. The van der Waals surface area contributed by atoms with E-state index < -0.39 is 0 Å². The third-order valence-electron chi connectivity index (χ3n) is 4.34. The summed E-state index contributed by atoms with van der Waals surface area (Å²) in [5, 5.41) is 13.0. The minimum Gasteiger partial charge on any atom is -0.393 e. The molecule has 1 unspecified atom stereocenters. The van der Waals surface area contributed by atoms with Crippen LogP contribution < -0.4 is 5.32 Å². The van der Waals surface area contributed by atoms with Crippen LogP contribution in [-0.4, -0.2) is 42.3 Å². The first-order valence-corrected chi connectivity index (χ1v) is 8.00. The zero-order valence-corrected chi connectivity index (χ0v) is 13.1. The molecule has 0 saturated carbocycles. The molecule has 21 heavy (non-hydrogen) atoms. The lowest BCUT2D eigenvalue weighted by Crippen LogP contribution is -2.37. The number of aryl methyl sites for hydroxylation is 1. The molecular weight excluding hydrogens is 267 g/mol. The van der Waals surface area contributed by atoms with Gasteiger partial charge in [0, 0.05) is 19.1 Å². The van der Waals surface area contributed by atoms with Gasteiger partial charge in [0.25, 0.3) is 0 Å². The molecule has 1 fully saturated rings. The Kier molecular flexibility index (Phi) is 6.15. The molecule has 0 radical (unpaired) electrons. The van der Waals surface area contributed by atoms with Gasteiger partial charge >= 0.3 is 0 Å². The van der Waals surface area contributed by atoms with Crippen molar-refractivity contribution in [3.05, 3.63) is 35.1 Å². The maximum atomic E-state index is 13.8. The number of piperidine rings is 1. The number of rotatable bonds is 6. The lowest BCUT2D eigenvalue weighted by atomic mass is 10.0. The van der Waals surface area contributed by atoms with Gasteiger partial charge in [-0.3, -0.25) is 0 Å². The van der Waals surface area contributed by atoms with Crippen molar-refractivity contribution >= 4 is 0 Å². The topological polar surface area (TPSA) is 35.5 Å². The van der Waals surface area contributed by atoms with E-state index in [4.69, 9.17) is 0 Å². The van der Waals surface area contributed by atoms with Gasteiger partial charge in [0.15, 0.2) is 0 Å². The Morgan fingerprint density at radius 1 is 1.38 bits per heavy atom. The fourth-order valence-corrected chi connectivity index (χ4v) is 2.91. The van der Waals surface area contributed by atoms with Crippen LogP contribution in [0.15, 0.2) is 18.2 Å². The molecule has 1 aliphatic heterocycles. The third kappa shape index (κ3) is 4.77. The summed E-state index contributed by atoms with van der Waals surface area (Å²) in [5.74, 6) is -0.128. The summed E-state index contributed by atoms with van der Waals surface area (Å²) in [6, 6.07) is 5.72. The molecule has 1 heterocycles. The monoisotopic (exact) mass is 294 g/mol. The predicted octanol–water partition coefficient (Wildman–Crippen LogP) is 2.63. The summed E-state index contributed by atoms with van der Waals surface area (Å²) in [7, 11) is 0. The number of hydrogen-bond acceptors (Lipinski definition) is 3. The van der Waals surface area contributed by atoms with Gasteiger partial charge in [0.05, 0.1) is 6.10 Å². The van der Waals surface area contributed by atoms with E-state index in [1.54, 1.807) is 13.0 Å². The summed E-state index contributed by atoms with van der Waals surface area (Å²) in [4.78, 5) is 2.39. The minimum absolute atomic E-state index is 0.128. The Bertz CT molecular complexity index is 444. The van der Waals surface area contributed by atoms with Crippen molar-refractivity contribution in [3.8, 4) is 0 Å². The van der Waals surface area contributed by atoms with Crippen LogP contribution in [0.2, 0.25) is 0 Å². The van der Waals surface area contributed by atoms with E-state index in [2.05, 4.69) is 17.1 Å². The molecule has 0 bridgehead atoms. The van der Waals surface area contributed by atoms with Gasteiger partial charge in [-0.05, 0) is 56.5 Å². The van der Waals surface area contributed by atoms with E-state index in [1.807, 2.05) is 12.1 Å². The van der Waals surface area contributed by atoms with E-state index in [-0.39, 0.29) is 18.0 Å². The zero-order valence-electron chi connectivity index (χ0n) is 13.1. The van der Waals surface area contributed by atoms with Gasteiger partial charge < -0.3 is 15.3 Å². The molecule has 0 aliphatic carbocycles. The van der Waals surface area contributed by atoms with Gasteiger partial charge in [-0.2, -0.15) is 0 Å². The molecular formula is C17H27FN2O. The quantitative estimate of drug-likeness (QED) is 0.846. The first-order valence-electron chi connectivity index (χ1n) is 8.00. The molecule has 1 atom stereocenters. The SMILES string of the molecule is CCNC(CCN1CCC(O)CC1)c1ccc(C)c(F)c1. The molecule has 4 heteroatoms. The molecule has 1 aromatic rings. The van der Waals surface area contributed by atoms with Crippen LogP contribution in [-0.2, 0) is 0 Å². The Hall–Kier alpha value is -0.970. The number of benzene rings is 1. The van der Waals surface area contributed by atoms with Crippen molar-refractivity contribution in [3.63, 3.8) is 0 Å². The standard InChI is InChI=1S/C17H27FN2O/c1-3-19-17(14-5-4-13(2)16(18)12-14)8-11-20-9-6-15(21)7-10-20/h4-5,12,15,17,19,21H,3,6-11H2,1-2H3. The maximum Gasteiger partial charge on any atom is 0.126 e. The van der Waals surface area contributed by atoms with E-state index >= 15 is 0 Å². The number of aliphatic hydroxyl groups excluding tert-OH is 1. The third-order valence-corrected chi connectivity index (χ3v) is 4.34. The van der Waals surface area contributed by atoms with Crippen molar-refractivity contribution in [2.75, 3.05) is 26.2 Å². The Morgan fingerprint density at radius 3 is 2.71 bits per heavy atom. The first-order chi connectivity index (χ1) is 10.1. The van der Waals surface area contributed by atoms with Crippen molar-refractivity contribution in [2.24, 2.45) is 0 Å². The van der Waals surface area contributed by atoms with Crippen LogP contribution in [0.4, 0.5) is 4.39 Å². The Morgan fingerprint density at radius 2 is 2.10 bits per heavy atom. The van der Waals surface area contributed by atoms with Gasteiger partial charge in [-0.15, -0.1) is 0 Å². The van der Waals surface area contributed by atoms with E-state index in [1.165, 1.54) is 0 Å². The minimum atomic E-state index is -0.128. The summed E-state index contributed by atoms with van der Waals surface area (Å²) in [6.45, 7) is 7.65. The second-order valence-electron chi connectivity index (χ2n) is 5.98. The fraction of sp³-hybridized carbons (Fsp3) is 0.647. The van der Waals surface area contributed by atoms with Crippen molar-refractivity contribution < 1.29 is 9.50 Å². The Labute approximate surface area is 127 Å². The number of halogens is 1. The van der Waals surface area contributed by atoms with Crippen LogP contribution in [0.3, 0.4) is 0 Å². The van der Waals surface area contributed by atoms with Crippen molar-refractivity contribution in [2.45, 2.75) is 45.3 Å². The number of hydrogen-bond donors (Lipinski definition) is 2. The van der Waals surface area contributed by atoms with Gasteiger partial charge in [0.1, 0.15) is 5.82 Å². The predicted molar refractivity (Wildman–Crippen MR) is 83.9 cm³/mol. The summed E-state index contributed by atoms with van der Waals surface area (Å²) >= 11 is 0. The number of likely N-dealkylation sites (tertiary alicyclic amines) is 1. The van der Waals surface area contributed by atoms with Crippen LogP contribution in [0, 0.1) is 12.7 Å². The maximum absolute atomic E-state index is 13.8. The normalized spacial score (nSPS) is 18.9. The smallest absolute Gasteiger partial charge is 0.126 e. The Balaban J connectivity index is 1.93. The summed E-state index contributed by atoms with van der Waals surface area (Å²) in [5.41, 5.74) is 1.72.